The van der Waals surface area contributed by atoms with Crippen molar-refractivity contribution in [3.05, 3.63) is 28.8 Å². The fraction of sp³-hybridized carbons (Fsp3) is 0.462. The predicted molar refractivity (Wildman–Crippen MR) is 70.4 cm³/mol. The highest BCUT2D eigenvalue weighted by molar-refractivity contribution is 6.30. The van der Waals surface area contributed by atoms with E-state index in [0.717, 1.165) is 5.69 Å². The summed E-state index contributed by atoms with van der Waals surface area (Å²) in [6.45, 7) is 7.28. The first-order chi connectivity index (χ1) is 7.98. The maximum Gasteiger partial charge on any atom is 0.101 e. The molecule has 1 N–H and O–H groups in total. The van der Waals surface area contributed by atoms with Crippen molar-refractivity contribution in [2.45, 2.75) is 26.4 Å². The van der Waals surface area contributed by atoms with Crippen LogP contribution in [0.2, 0.25) is 5.02 Å². The molecule has 1 rings (SSSR count). The fourth-order valence-electron chi connectivity index (χ4n) is 1.51. The zero-order valence-electron chi connectivity index (χ0n) is 10.4. The molecule has 92 valence electrons. The van der Waals surface area contributed by atoms with Crippen molar-refractivity contribution >= 4 is 17.3 Å². The Bertz CT molecular complexity index is 424. The van der Waals surface area contributed by atoms with E-state index in [1.807, 2.05) is 26.8 Å². The smallest absolute Gasteiger partial charge is 0.101 e. The summed E-state index contributed by atoms with van der Waals surface area (Å²) in [6, 6.07) is 7.34. The lowest BCUT2D eigenvalue weighted by Gasteiger charge is -2.25. The van der Waals surface area contributed by atoms with Crippen LogP contribution in [0.15, 0.2) is 18.2 Å². The fourth-order valence-corrected chi connectivity index (χ4v) is 1.69. The summed E-state index contributed by atoms with van der Waals surface area (Å²) in [5, 5.41) is 12.8. The highest BCUT2D eigenvalue weighted by Crippen LogP contribution is 2.21. The van der Waals surface area contributed by atoms with Gasteiger partial charge in [0.25, 0.3) is 0 Å². The zero-order valence-corrected chi connectivity index (χ0v) is 11.1. The van der Waals surface area contributed by atoms with Gasteiger partial charge in [-0.25, -0.2) is 0 Å². The van der Waals surface area contributed by atoms with Crippen LogP contribution in [0.3, 0.4) is 0 Å². The summed E-state index contributed by atoms with van der Waals surface area (Å²) in [4.78, 5) is 0. The number of benzene rings is 1. The second-order valence-electron chi connectivity index (χ2n) is 4.35. The van der Waals surface area contributed by atoms with Gasteiger partial charge in [0.2, 0.25) is 0 Å². The van der Waals surface area contributed by atoms with Crippen LogP contribution in [0.5, 0.6) is 0 Å². The van der Waals surface area contributed by atoms with Gasteiger partial charge >= 0.3 is 0 Å². The van der Waals surface area contributed by atoms with E-state index in [2.05, 4.69) is 11.4 Å². The Balaban J connectivity index is 2.73. The van der Waals surface area contributed by atoms with Crippen LogP contribution in [-0.4, -0.2) is 18.8 Å². The quantitative estimate of drug-likeness (QED) is 0.873. The molecule has 0 fully saturated rings. The molecule has 0 bridgehead atoms. The first-order valence-corrected chi connectivity index (χ1v) is 5.94. The minimum absolute atomic E-state index is 0.263. The number of nitrogens with one attached hydrogen (secondary N) is 1. The molecular weight excluding hydrogens is 236 g/mol. The zero-order chi connectivity index (χ0) is 12.9. The van der Waals surface area contributed by atoms with Gasteiger partial charge in [-0.1, -0.05) is 11.6 Å². The number of anilines is 1. The van der Waals surface area contributed by atoms with E-state index in [1.54, 1.807) is 12.1 Å². The molecule has 0 atom stereocenters. The predicted octanol–water partition coefficient (Wildman–Crippen LogP) is 3.44. The van der Waals surface area contributed by atoms with Gasteiger partial charge in [-0.05, 0) is 39.0 Å². The molecule has 3 nitrogen and oxygen atoms in total. The molecule has 0 unspecified atom stereocenters. The molecule has 0 saturated heterocycles. The van der Waals surface area contributed by atoms with Crippen LogP contribution < -0.4 is 5.32 Å². The highest BCUT2D eigenvalue weighted by Gasteiger charge is 2.17. The first kappa shape index (κ1) is 13.8. The topological polar surface area (TPSA) is 45.0 Å². The van der Waals surface area contributed by atoms with Crippen LogP contribution in [0, 0.1) is 11.3 Å². The lowest BCUT2D eigenvalue weighted by atomic mass is 10.1. The van der Waals surface area contributed by atoms with Crippen LogP contribution in [0.1, 0.15) is 26.3 Å². The summed E-state index contributed by atoms with van der Waals surface area (Å²) in [5.41, 5.74) is 1.07. The summed E-state index contributed by atoms with van der Waals surface area (Å²) in [7, 11) is 0. The van der Waals surface area contributed by atoms with Gasteiger partial charge in [0.15, 0.2) is 0 Å². The molecule has 0 aliphatic carbocycles. The second kappa shape index (κ2) is 5.90. The average Bonchev–Trinajstić information content (AvgIpc) is 2.27. The Labute approximate surface area is 107 Å². The van der Waals surface area contributed by atoms with Gasteiger partial charge in [0, 0.05) is 18.2 Å². The van der Waals surface area contributed by atoms with E-state index < -0.39 is 0 Å². The summed E-state index contributed by atoms with van der Waals surface area (Å²) in [5.74, 6) is 0. The van der Waals surface area contributed by atoms with Crippen molar-refractivity contribution in [1.82, 2.24) is 0 Å². The Morgan fingerprint density at radius 3 is 2.76 bits per heavy atom. The monoisotopic (exact) mass is 252 g/mol. The Morgan fingerprint density at radius 2 is 2.18 bits per heavy atom. The number of rotatable bonds is 5. The van der Waals surface area contributed by atoms with E-state index in [0.29, 0.717) is 23.7 Å². The SMILES string of the molecule is CCOC(C)(C)CNc1ccc(Cl)cc1C#N. The molecule has 1 aromatic rings. The number of ether oxygens (including phenoxy) is 1. The number of halogens is 1. The van der Waals surface area contributed by atoms with Crippen LogP contribution in [0.4, 0.5) is 5.69 Å². The van der Waals surface area contributed by atoms with Gasteiger partial charge in [-0.15, -0.1) is 0 Å². The van der Waals surface area contributed by atoms with Crippen molar-refractivity contribution in [1.29, 1.82) is 5.26 Å². The van der Waals surface area contributed by atoms with Gasteiger partial charge < -0.3 is 10.1 Å². The molecule has 0 radical (unpaired) electrons. The summed E-state index contributed by atoms with van der Waals surface area (Å²) in [6.07, 6.45) is 0. The largest absolute Gasteiger partial charge is 0.381 e. The van der Waals surface area contributed by atoms with E-state index in [4.69, 9.17) is 21.6 Å². The second-order valence-corrected chi connectivity index (χ2v) is 4.78. The number of nitrogens with zero attached hydrogens (tertiary/aromatic N) is 1. The van der Waals surface area contributed by atoms with E-state index in [1.165, 1.54) is 0 Å². The molecule has 0 aliphatic heterocycles. The van der Waals surface area contributed by atoms with Crippen LogP contribution in [0.25, 0.3) is 0 Å². The molecule has 0 saturated carbocycles. The molecule has 0 heterocycles. The van der Waals surface area contributed by atoms with Crippen molar-refractivity contribution in [2.75, 3.05) is 18.5 Å². The third-order valence-electron chi connectivity index (χ3n) is 2.34. The van der Waals surface area contributed by atoms with Gasteiger partial charge in [-0.2, -0.15) is 5.26 Å². The number of hydrogen-bond donors (Lipinski definition) is 1. The van der Waals surface area contributed by atoms with Crippen molar-refractivity contribution in [3.63, 3.8) is 0 Å². The standard InChI is InChI=1S/C13H17ClN2O/c1-4-17-13(2,3)9-16-12-6-5-11(14)7-10(12)8-15/h5-7,16H,4,9H2,1-3H3. The first-order valence-electron chi connectivity index (χ1n) is 5.56. The maximum atomic E-state index is 9.00. The lowest BCUT2D eigenvalue weighted by Crippen LogP contribution is -2.33. The highest BCUT2D eigenvalue weighted by atomic mass is 35.5. The third kappa shape index (κ3) is 4.26. The normalized spacial score (nSPS) is 11.0. The van der Waals surface area contributed by atoms with Gasteiger partial charge in [0.05, 0.1) is 16.9 Å². The molecule has 0 amide bonds. The maximum absolute atomic E-state index is 9.00. The van der Waals surface area contributed by atoms with Crippen molar-refractivity contribution in [3.8, 4) is 6.07 Å². The van der Waals surface area contributed by atoms with Gasteiger partial charge in [-0.3, -0.25) is 0 Å². The molecule has 1 aromatic carbocycles. The van der Waals surface area contributed by atoms with Crippen molar-refractivity contribution in [2.24, 2.45) is 0 Å². The average molecular weight is 253 g/mol. The molecule has 0 spiro atoms. The Hall–Kier alpha value is -1.24. The Kier molecular flexibility index (Phi) is 4.80. The molecule has 17 heavy (non-hydrogen) atoms. The molecule has 0 aliphatic rings. The van der Waals surface area contributed by atoms with E-state index >= 15 is 0 Å². The minimum Gasteiger partial charge on any atom is -0.381 e. The third-order valence-corrected chi connectivity index (χ3v) is 2.58. The summed E-state index contributed by atoms with van der Waals surface area (Å²) < 4.78 is 5.58. The molecule has 0 aromatic heterocycles. The van der Waals surface area contributed by atoms with Crippen LogP contribution >= 0.6 is 11.6 Å². The number of hydrogen-bond acceptors (Lipinski definition) is 3. The van der Waals surface area contributed by atoms with Crippen molar-refractivity contribution < 1.29 is 4.74 Å². The summed E-state index contributed by atoms with van der Waals surface area (Å²) >= 11 is 5.83. The molecule has 4 heteroatoms. The van der Waals surface area contributed by atoms with Crippen LogP contribution in [-0.2, 0) is 4.74 Å². The minimum atomic E-state index is -0.263. The lowest BCUT2D eigenvalue weighted by molar-refractivity contribution is 0.000697. The van der Waals surface area contributed by atoms with Gasteiger partial charge in [0.1, 0.15) is 6.07 Å². The van der Waals surface area contributed by atoms with E-state index in [-0.39, 0.29) is 5.60 Å². The Morgan fingerprint density at radius 1 is 1.47 bits per heavy atom. The number of nitriles is 1. The van der Waals surface area contributed by atoms with E-state index in [9.17, 15) is 0 Å². The molecular formula is C13H17ClN2O.